The van der Waals surface area contributed by atoms with Gasteiger partial charge in [0.1, 0.15) is 5.75 Å². The Morgan fingerprint density at radius 3 is 2.50 bits per heavy atom. The van der Waals surface area contributed by atoms with Gasteiger partial charge in [-0.1, -0.05) is 18.2 Å². The maximum atomic E-state index is 13.5. The van der Waals surface area contributed by atoms with E-state index in [0.29, 0.717) is 61.8 Å². The third-order valence-corrected chi connectivity index (χ3v) is 9.28. The molecule has 4 amide bonds. The molecule has 48 heavy (non-hydrogen) atoms. The number of benzene rings is 3. The van der Waals surface area contributed by atoms with Crippen LogP contribution in [0.1, 0.15) is 75.9 Å². The number of fused-ring (bicyclic) bond motifs is 2. The molecule has 11 nitrogen and oxygen atoms in total. The van der Waals surface area contributed by atoms with Crippen LogP contribution in [-0.2, 0) is 38.6 Å². The summed E-state index contributed by atoms with van der Waals surface area (Å²) in [5.74, 6) is 0.141. The minimum atomic E-state index is -0.217. The van der Waals surface area contributed by atoms with Crippen molar-refractivity contribution in [3.05, 3.63) is 88.5 Å². The van der Waals surface area contributed by atoms with Crippen LogP contribution in [0.2, 0.25) is 0 Å². The molecule has 2 N–H and O–H groups in total. The Morgan fingerprint density at radius 1 is 0.917 bits per heavy atom. The smallest absolute Gasteiger partial charge is 0.262 e. The van der Waals surface area contributed by atoms with Crippen LogP contribution in [0.25, 0.3) is 0 Å². The monoisotopic (exact) mass is 652 g/mol. The second-order valence-electron chi connectivity index (χ2n) is 12.8. The van der Waals surface area contributed by atoms with Gasteiger partial charge in [0.05, 0.1) is 18.9 Å². The Kier molecular flexibility index (Phi) is 9.40. The van der Waals surface area contributed by atoms with Crippen LogP contribution in [0.5, 0.6) is 5.75 Å². The Hall–Kier alpha value is -4.74. The van der Waals surface area contributed by atoms with Crippen LogP contribution >= 0.6 is 0 Å². The third kappa shape index (κ3) is 7.53. The summed E-state index contributed by atoms with van der Waals surface area (Å²) in [5, 5.41) is 5.76. The summed E-state index contributed by atoms with van der Waals surface area (Å²) in [7, 11) is 0. The highest BCUT2D eigenvalue weighted by Gasteiger charge is 2.34. The molecule has 1 aliphatic carbocycles. The molecule has 3 aliphatic heterocycles. The summed E-state index contributed by atoms with van der Waals surface area (Å²) in [6.45, 7) is 2.90. The number of hydrogen-bond acceptors (Lipinski definition) is 7. The van der Waals surface area contributed by atoms with E-state index in [4.69, 9.17) is 14.2 Å². The number of ether oxygens (including phenoxy) is 3. The van der Waals surface area contributed by atoms with Gasteiger partial charge in [-0.25, -0.2) is 0 Å². The van der Waals surface area contributed by atoms with E-state index in [1.807, 2.05) is 40.1 Å². The quantitative estimate of drug-likeness (QED) is 0.283. The van der Waals surface area contributed by atoms with Gasteiger partial charge in [-0.3, -0.25) is 19.2 Å². The first kappa shape index (κ1) is 31.8. The normalized spacial score (nSPS) is 17.2. The van der Waals surface area contributed by atoms with Crippen molar-refractivity contribution in [2.24, 2.45) is 0 Å². The summed E-state index contributed by atoms with van der Waals surface area (Å²) >= 11 is 0. The van der Waals surface area contributed by atoms with E-state index in [9.17, 15) is 19.2 Å². The average Bonchev–Trinajstić information content (AvgIpc) is 3.82. The number of nitrogens with one attached hydrogen (secondary N) is 2. The number of unbranched alkanes of at least 4 members (excludes halogenated alkanes) is 1. The molecule has 0 atom stereocenters. The fourth-order valence-corrected chi connectivity index (χ4v) is 6.45. The maximum absolute atomic E-state index is 13.5. The molecule has 0 spiro atoms. The lowest BCUT2D eigenvalue weighted by Gasteiger charge is -2.29. The predicted molar refractivity (Wildman–Crippen MR) is 178 cm³/mol. The van der Waals surface area contributed by atoms with Crippen molar-refractivity contribution in [2.45, 2.75) is 70.4 Å². The molecule has 1 saturated carbocycles. The van der Waals surface area contributed by atoms with E-state index >= 15 is 0 Å². The summed E-state index contributed by atoms with van der Waals surface area (Å²) in [6.07, 6.45) is 5.60. The zero-order chi connectivity index (χ0) is 33.0. The molecule has 0 aromatic heterocycles. The summed E-state index contributed by atoms with van der Waals surface area (Å²) in [5.41, 5.74) is 5.49. The Morgan fingerprint density at radius 2 is 1.71 bits per heavy atom. The first-order valence-electron chi connectivity index (χ1n) is 16.8. The zero-order valence-electron chi connectivity index (χ0n) is 26.9. The summed E-state index contributed by atoms with van der Waals surface area (Å²) < 4.78 is 16.4. The van der Waals surface area contributed by atoms with Gasteiger partial charge in [-0.05, 0) is 97.7 Å². The van der Waals surface area contributed by atoms with E-state index in [1.165, 1.54) is 0 Å². The van der Waals surface area contributed by atoms with Crippen molar-refractivity contribution < 1.29 is 33.4 Å². The molecule has 3 aromatic rings. The highest BCUT2D eigenvalue weighted by atomic mass is 16.7. The van der Waals surface area contributed by atoms with Crippen LogP contribution in [0.4, 0.5) is 11.4 Å². The second kappa shape index (κ2) is 14.2. The van der Waals surface area contributed by atoms with Crippen molar-refractivity contribution in [1.29, 1.82) is 0 Å². The van der Waals surface area contributed by atoms with Gasteiger partial charge < -0.3 is 34.6 Å². The van der Waals surface area contributed by atoms with Crippen molar-refractivity contribution in [3.8, 4) is 5.75 Å². The Labute approximate surface area is 279 Å². The number of carbonyl (C=O) groups is 4. The van der Waals surface area contributed by atoms with E-state index in [-0.39, 0.29) is 42.6 Å². The molecule has 3 heterocycles. The van der Waals surface area contributed by atoms with Crippen molar-refractivity contribution in [3.63, 3.8) is 0 Å². The van der Waals surface area contributed by atoms with Crippen LogP contribution in [-0.4, -0.2) is 72.1 Å². The van der Waals surface area contributed by atoms with E-state index in [0.717, 1.165) is 60.9 Å². The lowest BCUT2D eigenvalue weighted by atomic mass is 9.98. The molecular weight excluding hydrogens is 612 g/mol. The number of hydrogen-bond donors (Lipinski definition) is 2. The van der Waals surface area contributed by atoms with Gasteiger partial charge in [-0.15, -0.1) is 0 Å². The Balaban J connectivity index is 0.913. The lowest BCUT2D eigenvalue weighted by Crippen LogP contribution is -2.35. The maximum Gasteiger partial charge on any atom is 0.262 e. The predicted octanol–water partition coefficient (Wildman–Crippen LogP) is 4.89. The van der Waals surface area contributed by atoms with Crippen LogP contribution in [0.3, 0.4) is 0 Å². The molecule has 2 fully saturated rings. The third-order valence-electron chi connectivity index (χ3n) is 9.28. The van der Waals surface area contributed by atoms with Gasteiger partial charge in [0.2, 0.25) is 5.91 Å². The number of amides is 4. The molecule has 0 radical (unpaired) electrons. The minimum absolute atomic E-state index is 0.0704. The molecule has 11 heteroatoms. The topological polar surface area (TPSA) is 127 Å². The second-order valence-corrected chi connectivity index (χ2v) is 12.8. The summed E-state index contributed by atoms with van der Waals surface area (Å²) in [6, 6.07) is 18.5. The lowest BCUT2D eigenvalue weighted by molar-refractivity contribution is -0.132. The van der Waals surface area contributed by atoms with Crippen molar-refractivity contribution in [2.75, 3.05) is 37.0 Å². The number of carbonyl (C=O) groups excluding carboxylic acids is 4. The molecule has 7 rings (SSSR count). The van der Waals surface area contributed by atoms with Gasteiger partial charge in [-0.2, -0.15) is 0 Å². The van der Waals surface area contributed by atoms with Gasteiger partial charge in [0.15, 0.2) is 12.9 Å². The van der Waals surface area contributed by atoms with Crippen molar-refractivity contribution in [1.82, 2.24) is 9.80 Å². The molecule has 4 aliphatic rings. The summed E-state index contributed by atoms with van der Waals surface area (Å²) in [4.78, 5) is 54.8. The van der Waals surface area contributed by atoms with Gasteiger partial charge in [0, 0.05) is 48.9 Å². The molecule has 3 aromatic carbocycles. The van der Waals surface area contributed by atoms with E-state index in [2.05, 4.69) is 10.6 Å². The standard InChI is InChI=1S/C37H40N4O7/c42-33-23-48-32-20-27(10-14-31(32)39-33)37(45)41(30-12-13-30)21-24-5-7-25(8-6-24)36(44)38-29-11-9-28-22-40(16-15-26(28)19-29)34(43)3-1-2-4-35-46-17-18-47-35/h5-11,14,19-20,30,35H,1-4,12-13,15-18,21-23H2,(H,38,44)(H,39,42). The number of anilines is 2. The molecule has 0 unspecified atom stereocenters. The first-order chi connectivity index (χ1) is 23.4. The molecular formula is C37H40N4O7. The average molecular weight is 653 g/mol. The highest BCUT2D eigenvalue weighted by Crippen LogP contribution is 2.33. The van der Waals surface area contributed by atoms with E-state index in [1.54, 1.807) is 30.3 Å². The largest absolute Gasteiger partial charge is 0.482 e. The molecule has 0 bridgehead atoms. The SMILES string of the molecule is O=C1COc2cc(C(=O)N(Cc3ccc(C(=O)Nc4ccc5c(c4)CCN(C(=O)CCCCC4OCCO4)C5)cc3)C3CC3)ccc2N1. The first-order valence-corrected chi connectivity index (χ1v) is 16.8. The fourth-order valence-electron chi connectivity index (χ4n) is 6.45. The van der Waals surface area contributed by atoms with Crippen molar-refractivity contribution >= 4 is 35.0 Å². The van der Waals surface area contributed by atoms with Crippen LogP contribution in [0.15, 0.2) is 60.7 Å². The number of rotatable bonds is 11. The fraction of sp³-hybridized carbons (Fsp3) is 0.405. The van der Waals surface area contributed by atoms with Crippen LogP contribution < -0.4 is 15.4 Å². The zero-order valence-corrected chi connectivity index (χ0v) is 26.9. The highest BCUT2D eigenvalue weighted by molar-refractivity contribution is 6.04. The van der Waals surface area contributed by atoms with Crippen LogP contribution in [0, 0.1) is 0 Å². The molecule has 250 valence electrons. The van der Waals surface area contributed by atoms with Gasteiger partial charge in [0.25, 0.3) is 17.7 Å². The Bertz CT molecular complexity index is 1700. The number of nitrogens with zero attached hydrogens (tertiary/aromatic N) is 2. The minimum Gasteiger partial charge on any atom is -0.482 e. The van der Waals surface area contributed by atoms with E-state index < -0.39 is 0 Å². The molecule has 1 saturated heterocycles. The van der Waals surface area contributed by atoms with Gasteiger partial charge >= 0.3 is 0 Å².